The fourth-order valence-electron chi connectivity index (χ4n) is 3.14. The largest absolute Gasteiger partial charge is 0.493 e. The van der Waals surface area contributed by atoms with Crippen LogP contribution in [-0.4, -0.2) is 31.0 Å². The highest BCUT2D eigenvalue weighted by molar-refractivity contribution is 7.17. The molecule has 0 bridgehead atoms. The van der Waals surface area contributed by atoms with Gasteiger partial charge in [-0.25, -0.2) is 4.98 Å². The third-order valence-electron chi connectivity index (χ3n) is 4.65. The maximum Gasteiger partial charge on any atom is 0.267 e. The van der Waals surface area contributed by atoms with Crippen molar-refractivity contribution in [2.75, 3.05) is 19.5 Å². The maximum absolute atomic E-state index is 13.0. The highest BCUT2D eigenvalue weighted by atomic mass is 32.1. The van der Waals surface area contributed by atoms with Gasteiger partial charge in [0, 0.05) is 11.6 Å². The number of primary amides is 1. The van der Waals surface area contributed by atoms with Gasteiger partial charge in [0.2, 0.25) is 0 Å². The van der Waals surface area contributed by atoms with Crippen LogP contribution >= 0.6 is 11.3 Å². The number of carbonyl (C=O) groups is 2. The van der Waals surface area contributed by atoms with Crippen molar-refractivity contribution in [3.8, 4) is 22.1 Å². The number of nitrogens with zero attached hydrogens (tertiary/aromatic N) is 1. The first-order valence-electron chi connectivity index (χ1n) is 9.17. The number of benzene rings is 2. The standard InChI is InChI=1S/C22H23N3O4S/c1-11-6-7-14(12(2)8-11)22-24-13(3)19(30-22)21(27)25-16-10-18(29-5)17(28-4)9-15(16)20(23)26/h6-10H,1-5H3,(H2,23,26)(H,25,27). The second kappa shape index (κ2) is 8.54. The van der Waals surface area contributed by atoms with Crippen LogP contribution in [0.2, 0.25) is 0 Å². The van der Waals surface area contributed by atoms with Crippen LogP contribution in [0.25, 0.3) is 10.6 Å². The van der Waals surface area contributed by atoms with Crippen molar-refractivity contribution in [2.45, 2.75) is 20.8 Å². The molecule has 3 N–H and O–H groups in total. The second-order valence-corrected chi connectivity index (χ2v) is 7.82. The Morgan fingerprint density at radius 3 is 2.30 bits per heavy atom. The molecule has 2 amide bonds. The van der Waals surface area contributed by atoms with Gasteiger partial charge in [-0.15, -0.1) is 11.3 Å². The van der Waals surface area contributed by atoms with Gasteiger partial charge in [0.05, 0.1) is 31.2 Å². The van der Waals surface area contributed by atoms with Gasteiger partial charge in [-0.3, -0.25) is 9.59 Å². The molecule has 1 aromatic heterocycles. The molecule has 0 aliphatic rings. The van der Waals surface area contributed by atoms with E-state index in [9.17, 15) is 9.59 Å². The van der Waals surface area contributed by atoms with Gasteiger partial charge < -0.3 is 20.5 Å². The SMILES string of the molecule is COc1cc(NC(=O)c2sc(-c3ccc(C)cc3C)nc2C)c(C(N)=O)cc1OC. The van der Waals surface area contributed by atoms with E-state index < -0.39 is 5.91 Å². The van der Waals surface area contributed by atoms with Crippen molar-refractivity contribution >= 4 is 28.8 Å². The van der Waals surface area contributed by atoms with E-state index in [1.807, 2.05) is 26.0 Å². The number of nitrogens with two attached hydrogens (primary N) is 1. The molecular formula is C22H23N3O4S. The first-order valence-corrected chi connectivity index (χ1v) is 9.99. The minimum absolute atomic E-state index is 0.123. The molecule has 2 aromatic carbocycles. The summed E-state index contributed by atoms with van der Waals surface area (Å²) >= 11 is 1.30. The van der Waals surface area contributed by atoms with Crippen molar-refractivity contribution in [1.29, 1.82) is 0 Å². The van der Waals surface area contributed by atoms with E-state index in [1.54, 1.807) is 6.92 Å². The Balaban J connectivity index is 1.97. The van der Waals surface area contributed by atoms with E-state index in [4.69, 9.17) is 15.2 Å². The Kier molecular flexibility index (Phi) is 6.07. The molecule has 0 aliphatic heterocycles. The maximum atomic E-state index is 13.0. The number of carbonyl (C=O) groups excluding carboxylic acids is 2. The minimum Gasteiger partial charge on any atom is -0.493 e. The zero-order chi connectivity index (χ0) is 22.0. The molecule has 3 aromatic rings. The van der Waals surface area contributed by atoms with Crippen LogP contribution in [-0.2, 0) is 0 Å². The normalized spacial score (nSPS) is 10.6. The lowest BCUT2D eigenvalue weighted by atomic mass is 10.1. The molecule has 30 heavy (non-hydrogen) atoms. The Morgan fingerprint density at radius 1 is 1.03 bits per heavy atom. The van der Waals surface area contributed by atoms with Crippen molar-refractivity contribution in [1.82, 2.24) is 4.98 Å². The number of aryl methyl sites for hydroxylation is 3. The summed E-state index contributed by atoms with van der Waals surface area (Å²) in [5.74, 6) is -0.357. The summed E-state index contributed by atoms with van der Waals surface area (Å²) in [7, 11) is 2.92. The summed E-state index contributed by atoms with van der Waals surface area (Å²) in [6.45, 7) is 5.83. The zero-order valence-electron chi connectivity index (χ0n) is 17.5. The number of anilines is 1. The van der Waals surface area contributed by atoms with Crippen molar-refractivity contribution < 1.29 is 19.1 Å². The average Bonchev–Trinajstić information content (AvgIpc) is 3.08. The predicted molar refractivity (Wildman–Crippen MR) is 118 cm³/mol. The molecule has 7 nitrogen and oxygen atoms in total. The van der Waals surface area contributed by atoms with Crippen LogP contribution in [0.4, 0.5) is 5.69 Å². The Hall–Kier alpha value is -3.39. The Bertz CT molecular complexity index is 1140. The Morgan fingerprint density at radius 2 is 1.70 bits per heavy atom. The fraction of sp³-hybridized carbons (Fsp3) is 0.227. The molecule has 0 saturated heterocycles. The van der Waals surface area contributed by atoms with E-state index in [0.717, 1.165) is 21.7 Å². The number of nitrogens with one attached hydrogen (secondary N) is 1. The number of hydrogen-bond acceptors (Lipinski definition) is 6. The Labute approximate surface area is 178 Å². The lowest BCUT2D eigenvalue weighted by Gasteiger charge is -2.14. The molecule has 0 aliphatic carbocycles. The van der Waals surface area contributed by atoms with Gasteiger partial charge in [-0.1, -0.05) is 23.8 Å². The third-order valence-corrected chi connectivity index (χ3v) is 5.84. The van der Waals surface area contributed by atoms with Crippen LogP contribution in [0.15, 0.2) is 30.3 Å². The van der Waals surface area contributed by atoms with Crippen LogP contribution < -0.4 is 20.5 Å². The molecule has 0 spiro atoms. The number of aromatic nitrogens is 1. The molecule has 3 rings (SSSR count). The van der Waals surface area contributed by atoms with E-state index >= 15 is 0 Å². The van der Waals surface area contributed by atoms with E-state index in [2.05, 4.69) is 16.4 Å². The van der Waals surface area contributed by atoms with Gasteiger partial charge in [-0.05, 0) is 32.4 Å². The molecule has 0 fully saturated rings. The van der Waals surface area contributed by atoms with E-state index in [1.165, 1.54) is 37.7 Å². The highest BCUT2D eigenvalue weighted by Crippen LogP contribution is 2.35. The van der Waals surface area contributed by atoms with Gasteiger partial charge in [0.25, 0.3) is 11.8 Å². The van der Waals surface area contributed by atoms with Gasteiger partial charge in [-0.2, -0.15) is 0 Å². The second-order valence-electron chi connectivity index (χ2n) is 6.82. The number of amides is 2. The zero-order valence-corrected chi connectivity index (χ0v) is 18.3. The van der Waals surface area contributed by atoms with Crippen molar-refractivity contribution in [3.05, 3.63) is 57.6 Å². The van der Waals surface area contributed by atoms with Crippen LogP contribution in [0, 0.1) is 20.8 Å². The average molecular weight is 426 g/mol. The lowest BCUT2D eigenvalue weighted by molar-refractivity contribution is 0.100. The van der Waals surface area contributed by atoms with Crippen molar-refractivity contribution in [2.24, 2.45) is 5.73 Å². The smallest absolute Gasteiger partial charge is 0.267 e. The molecule has 0 unspecified atom stereocenters. The summed E-state index contributed by atoms with van der Waals surface area (Å²) in [6.07, 6.45) is 0. The number of methoxy groups -OCH3 is 2. The molecule has 156 valence electrons. The number of ether oxygens (including phenoxy) is 2. The summed E-state index contributed by atoms with van der Waals surface area (Å²) in [4.78, 5) is 29.9. The number of rotatable bonds is 6. The first-order chi connectivity index (χ1) is 14.2. The van der Waals surface area contributed by atoms with E-state index in [-0.39, 0.29) is 17.2 Å². The molecular weight excluding hydrogens is 402 g/mol. The summed E-state index contributed by atoms with van der Waals surface area (Å²) in [5, 5.41) is 3.52. The predicted octanol–water partition coefficient (Wildman–Crippen LogP) is 4.10. The summed E-state index contributed by atoms with van der Waals surface area (Å²) in [6, 6.07) is 9.05. The molecule has 8 heteroatoms. The number of thiazole rings is 1. The van der Waals surface area contributed by atoms with Gasteiger partial charge in [0.1, 0.15) is 9.88 Å². The number of hydrogen-bond donors (Lipinski definition) is 2. The molecule has 1 heterocycles. The molecule has 0 radical (unpaired) electrons. The monoisotopic (exact) mass is 425 g/mol. The quantitative estimate of drug-likeness (QED) is 0.619. The lowest BCUT2D eigenvalue weighted by Crippen LogP contribution is -2.18. The molecule has 0 atom stereocenters. The fourth-order valence-corrected chi connectivity index (χ4v) is 4.19. The summed E-state index contributed by atoms with van der Waals surface area (Å²) in [5.41, 5.74) is 9.69. The van der Waals surface area contributed by atoms with Gasteiger partial charge in [0.15, 0.2) is 11.5 Å². The molecule has 0 saturated carbocycles. The topological polar surface area (TPSA) is 104 Å². The first kappa shape index (κ1) is 21.3. The van der Waals surface area contributed by atoms with Gasteiger partial charge >= 0.3 is 0 Å². The van der Waals surface area contributed by atoms with Crippen LogP contribution in [0.1, 0.15) is 36.9 Å². The minimum atomic E-state index is -0.691. The van der Waals surface area contributed by atoms with E-state index in [0.29, 0.717) is 22.1 Å². The van der Waals surface area contributed by atoms with Crippen molar-refractivity contribution in [3.63, 3.8) is 0 Å². The van der Waals surface area contributed by atoms with Crippen LogP contribution in [0.5, 0.6) is 11.5 Å². The third kappa shape index (κ3) is 4.13. The van der Waals surface area contributed by atoms with Crippen LogP contribution in [0.3, 0.4) is 0 Å². The summed E-state index contributed by atoms with van der Waals surface area (Å²) < 4.78 is 10.5. The highest BCUT2D eigenvalue weighted by Gasteiger charge is 2.21.